The van der Waals surface area contributed by atoms with E-state index in [2.05, 4.69) is 0 Å². The normalized spacial score (nSPS) is 4.50. The lowest BCUT2D eigenvalue weighted by molar-refractivity contribution is 1.11. The fraction of sp³-hybridized carbons (Fsp3) is 1.00. The summed E-state index contributed by atoms with van der Waals surface area (Å²) in [6.07, 6.45) is 0. The zero-order chi connectivity index (χ0) is 3.58. The Morgan fingerprint density at radius 3 is 1.00 bits per heavy atom. The SMILES string of the molecule is CC(Cl)Cl.Cl.Cl.Cl.F. The van der Waals surface area contributed by atoms with Crippen molar-refractivity contribution in [2.45, 2.75) is 11.8 Å². The molecule has 0 nitrogen and oxygen atoms in total. The summed E-state index contributed by atoms with van der Waals surface area (Å²) in [5.41, 5.74) is 0. The molecule has 0 aromatic rings. The van der Waals surface area contributed by atoms with Crippen molar-refractivity contribution >= 4 is 60.4 Å². The van der Waals surface area contributed by atoms with Gasteiger partial charge in [0.1, 0.15) is 4.84 Å². The van der Waals surface area contributed by atoms with Gasteiger partial charge in [0, 0.05) is 0 Å². The summed E-state index contributed by atoms with van der Waals surface area (Å²) in [4.78, 5) is -0.222. The Bertz CT molecular complexity index is 15.1. The third-order valence-electron chi connectivity index (χ3n) is 0. The van der Waals surface area contributed by atoms with Crippen molar-refractivity contribution in [2.75, 3.05) is 0 Å². The van der Waals surface area contributed by atoms with Crippen LogP contribution in [0.2, 0.25) is 0 Å². The maximum absolute atomic E-state index is 5.04. The molecule has 0 unspecified atom stereocenters. The Labute approximate surface area is 76.9 Å². The number of hydrogen-bond donors (Lipinski definition) is 0. The van der Waals surface area contributed by atoms with E-state index in [0.29, 0.717) is 0 Å². The Balaban J connectivity index is -0.00000000750. The summed E-state index contributed by atoms with van der Waals surface area (Å²) in [5, 5.41) is 0. The molecule has 0 heterocycles. The average Bonchev–Trinajstić information content (AvgIpc) is 0.811. The number of alkyl halides is 2. The van der Waals surface area contributed by atoms with Crippen LogP contribution in [0.4, 0.5) is 4.70 Å². The zero-order valence-electron chi connectivity index (χ0n) is 3.97. The smallest absolute Gasteiger partial charge is 0.105 e. The molecule has 8 heavy (non-hydrogen) atoms. The molecular formula is C2H8Cl5F. The van der Waals surface area contributed by atoms with E-state index in [9.17, 15) is 0 Å². The molecule has 0 aliphatic carbocycles. The average molecular weight is 228 g/mol. The van der Waals surface area contributed by atoms with Crippen molar-refractivity contribution in [3.8, 4) is 0 Å². The van der Waals surface area contributed by atoms with Crippen LogP contribution >= 0.6 is 60.4 Å². The molecule has 6 heteroatoms. The van der Waals surface area contributed by atoms with Crippen LogP contribution in [-0.4, -0.2) is 4.84 Å². The Hall–Kier alpha value is 1.38. The summed E-state index contributed by atoms with van der Waals surface area (Å²) in [7, 11) is 0. The van der Waals surface area contributed by atoms with Crippen LogP contribution in [-0.2, 0) is 0 Å². The lowest BCUT2D eigenvalue weighted by Crippen LogP contribution is -1.63. The lowest BCUT2D eigenvalue weighted by atomic mass is 11.0. The zero-order valence-corrected chi connectivity index (χ0v) is 7.93. The van der Waals surface area contributed by atoms with Gasteiger partial charge < -0.3 is 0 Å². The van der Waals surface area contributed by atoms with Crippen LogP contribution in [0, 0.1) is 0 Å². The molecule has 0 aromatic heterocycles. The number of hydrogen-bond acceptors (Lipinski definition) is 0. The van der Waals surface area contributed by atoms with Gasteiger partial charge in [0.2, 0.25) is 0 Å². The fourth-order valence-corrected chi connectivity index (χ4v) is 0. The maximum Gasteiger partial charge on any atom is 0.105 e. The molecule has 0 aliphatic rings. The summed E-state index contributed by atoms with van der Waals surface area (Å²) in [5.74, 6) is 0. The fourth-order valence-electron chi connectivity index (χ4n) is 0. The first kappa shape index (κ1) is 34.3. The first-order chi connectivity index (χ1) is 1.73. The summed E-state index contributed by atoms with van der Waals surface area (Å²) >= 11 is 10.1. The molecule has 0 N–H and O–H groups in total. The topological polar surface area (TPSA) is 0 Å². The maximum atomic E-state index is 5.04. The molecular weight excluding hydrogens is 220 g/mol. The molecule has 0 saturated heterocycles. The van der Waals surface area contributed by atoms with Gasteiger partial charge in [-0.2, -0.15) is 0 Å². The molecule has 0 aromatic carbocycles. The van der Waals surface area contributed by atoms with Crippen LogP contribution in [0.25, 0.3) is 0 Å². The van der Waals surface area contributed by atoms with Crippen molar-refractivity contribution in [3.05, 3.63) is 0 Å². The number of halogens is 6. The molecule has 58 valence electrons. The lowest BCUT2D eigenvalue weighted by Gasteiger charge is -1.72. The van der Waals surface area contributed by atoms with E-state index in [4.69, 9.17) is 23.2 Å². The van der Waals surface area contributed by atoms with Gasteiger partial charge >= 0.3 is 0 Å². The molecule has 0 amide bonds. The Kier molecular flexibility index (Phi) is 102. The predicted molar refractivity (Wildman–Crippen MR) is 45.4 cm³/mol. The van der Waals surface area contributed by atoms with Gasteiger partial charge in [-0.15, -0.1) is 60.4 Å². The highest BCUT2D eigenvalue weighted by atomic mass is 35.5. The number of rotatable bonds is 0. The van der Waals surface area contributed by atoms with E-state index < -0.39 is 0 Å². The van der Waals surface area contributed by atoms with E-state index >= 15 is 0 Å². The van der Waals surface area contributed by atoms with Gasteiger partial charge in [0.05, 0.1) is 0 Å². The minimum Gasteiger partial charge on any atom is -0.269 e. The first-order valence-corrected chi connectivity index (χ1v) is 1.89. The summed E-state index contributed by atoms with van der Waals surface area (Å²) < 4.78 is 0. The third kappa shape index (κ3) is 158. The highest BCUT2D eigenvalue weighted by molar-refractivity contribution is 6.43. The molecule has 0 rings (SSSR count). The highest BCUT2D eigenvalue weighted by Crippen LogP contribution is 1.95. The van der Waals surface area contributed by atoms with Gasteiger partial charge in [-0.25, -0.2) is 0 Å². The van der Waals surface area contributed by atoms with Crippen molar-refractivity contribution in [2.24, 2.45) is 0 Å². The summed E-state index contributed by atoms with van der Waals surface area (Å²) in [6, 6.07) is 0. The third-order valence-corrected chi connectivity index (χ3v) is 0. The van der Waals surface area contributed by atoms with Crippen LogP contribution in [0.3, 0.4) is 0 Å². The van der Waals surface area contributed by atoms with E-state index in [1.54, 1.807) is 6.92 Å². The molecule has 0 radical (unpaired) electrons. The molecule has 0 saturated carbocycles. The van der Waals surface area contributed by atoms with Gasteiger partial charge in [-0.05, 0) is 6.92 Å². The van der Waals surface area contributed by atoms with Crippen molar-refractivity contribution in [1.82, 2.24) is 0 Å². The second-order valence-electron chi connectivity index (χ2n) is 0.519. The second-order valence-corrected chi connectivity index (χ2v) is 2.05. The van der Waals surface area contributed by atoms with Crippen molar-refractivity contribution in [3.63, 3.8) is 0 Å². The van der Waals surface area contributed by atoms with Gasteiger partial charge in [-0.3, -0.25) is 4.70 Å². The molecule has 0 atom stereocenters. The predicted octanol–water partition coefficient (Wildman–Crippen LogP) is 3.23. The quantitative estimate of drug-likeness (QED) is 0.558. The molecule has 0 spiro atoms. The van der Waals surface area contributed by atoms with E-state index in [-0.39, 0.29) is 46.8 Å². The van der Waals surface area contributed by atoms with Crippen molar-refractivity contribution in [1.29, 1.82) is 0 Å². The van der Waals surface area contributed by atoms with Gasteiger partial charge in [0.15, 0.2) is 0 Å². The second kappa shape index (κ2) is 23.8. The van der Waals surface area contributed by atoms with Crippen LogP contribution in [0.1, 0.15) is 6.92 Å². The standard InChI is InChI=1S/C2H4Cl2.3ClH.FH/c1-2(3)4;;;;/h2H,1H3;4*1H. The monoisotopic (exact) mass is 226 g/mol. The van der Waals surface area contributed by atoms with E-state index in [1.807, 2.05) is 0 Å². The Morgan fingerprint density at radius 1 is 1.00 bits per heavy atom. The molecule has 0 fully saturated rings. The van der Waals surface area contributed by atoms with E-state index in [1.165, 1.54) is 0 Å². The molecule has 0 bridgehead atoms. The van der Waals surface area contributed by atoms with Gasteiger partial charge in [0.25, 0.3) is 0 Å². The largest absolute Gasteiger partial charge is 0.269 e. The Morgan fingerprint density at radius 2 is 1.00 bits per heavy atom. The van der Waals surface area contributed by atoms with Crippen LogP contribution in [0.5, 0.6) is 0 Å². The van der Waals surface area contributed by atoms with Crippen molar-refractivity contribution < 1.29 is 4.70 Å². The summed E-state index contributed by atoms with van der Waals surface area (Å²) in [6.45, 7) is 1.70. The molecule has 0 aliphatic heterocycles. The van der Waals surface area contributed by atoms with Crippen LogP contribution in [0.15, 0.2) is 0 Å². The highest BCUT2D eigenvalue weighted by Gasteiger charge is 1.75. The van der Waals surface area contributed by atoms with Crippen LogP contribution < -0.4 is 0 Å². The van der Waals surface area contributed by atoms with E-state index in [0.717, 1.165) is 0 Å². The minimum atomic E-state index is -0.222. The van der Waals surface area contributed by atoms with Gasteiger partial charge in [-0.1, -0.05) is 0 Å². The first-order valence-electron chi connectivity index (χ1n) is 1.01. The minimum absolute atomic E-state index is 0.